The van der Waals surface area contributed by atoms with Crippen LogP contribution in [0.1, 0.15) is 23.7 Å². The van der Waals surface area contributed by atoms with Gasteiger partial charge < -0.3 is 15.4 Å². The molecule has 1 fully saturated rings. The number of carbonyl (C=O) groups excluding carboxylic acids is 1. The van der Waals surface area contributed by atoms with Gasteiger partial charge in [-0.15, -0.1) is 0 Å². The Kier molecular flexibility index (Phi) is 3.78. The zero-order chi connectivity index (χ0) is 13.3. The first-order chi connectivity index (χ1) is 8.50. The number of nitrogens with zero attached hydrogens (tertiary/aromatic N) is 1. The van der Waals surface area contributed by atoms with E-state index in [4.69, 9.17) is 22.1 Å². The molecule has 0 saturated carbocycles. The molecule has 0 bridgehead atoms. The number of anilines is 1. The maximum Gasteiger partial charge on any atom is 0.254 e. The molecule has 2 rings (SSSR count). The molecule has 18 heavy (non-hydrogen) atoms. The molecule has 2 unspecified atom stereocenters. The lowest BCUT2D eigenvalue weighted by atomic mass is 10.1. The van der Waals surface area contributed by atoms with Crippen molar-refractivity contribution in [3.63, 3.8) is 0 Å². The Hall–Kier alpha value is -1.26. The number of carbonyl (C=O) groups is 1. The molecule has 0 spiro atoms. The number of halogens is 1. The largest absolute Gasteiger partial charge is 0.398 e. The van der Waals surface area contributed by atoms with Crippen LogP contribution >= 0.6 is 11.6 Å². The second-order valence-corrected chi connectivity index (χ2v) is 4.99. The van der Waals surface area contributed by atoms with Crippen molar-refractivity contribution in [3.05, 3.63) is 28.8 Å². The first kappa shape index (κ1) is 13.2. The number of amides is 1. The third-order valence-electron chi connectivity index (χ3n) is 3.40. The van der Waals surface area contributed by atoms with Crippen LogP contribution in [0.25, 0.3) is 0 Å². The number of rotatable bonds is 2. The van der Waals surface area contributed by atoms with Crippen molar-refractivity contribution in [2.45, 2.75) is 25.5 Å². The van der Waals surface area contributed by atoms with E-state index in [1.165, 1.54) is 0 Å². The predicted molar refractivity (Wildman–Crippen MR) is 71.8 cm³/mol. The maximum atomic E-state index is 12.3. The van der Waals surface area contributed by atoms with Gasteiger partial charge in [0.15, 0.2) is 0 Å². The van der Waals surface area contributed by atoms with Crippen LogP contribution in [0, 0.1) is 0 Å². The summed E-state index contributed by atoms with van der Waals surface area (Å²) in [6.07, 6.45) is 0.940. The molecule has 0 radical (unpaired) electrons. The smallest absolute Gasteiger partial charge is 0.254 e. The van der Waals surface area contributed by atoms with Gasteiger partial charge in [-0.2, -0.15) is 0 Å². The summed E-state index contributed by atoms with van der Waals surface area (Å²) in [5.74, 6) is -0.0549. The van der Waals surface area contributed by atoms with E-state index in [-0.39, 0.29) is 18.1 Å². The summed E-state index contributed by atoms with van der Waals surface area (Å²) in [6.45, 7) is 2.68. The Morgan fingerprint density at radius 2 is 2.28 bits per heavy atom. The van der Waals surface area contributed by atoms with Crippen LogP contribution in [-0.4, -0.2) is 36.6 Å². The van der Waals surface area contributed by atoms with Gasteiger partial charge in [-0.3, -0.25) is 4.79 Å². The van der Waals surface area contributed by atoms with Crippen molar-refractivity contribution in [1.82, 2.24) is 4.90 Å². The lowest BCUT2D eigenvalue weighted by Gasteiger charge is -2.27. The molecule has 1 aromatic carbocycles. The monoisotopic (exact) mass is 268 g/mol. The topological polar surface area (TPSA) is 55.6 Å². The number of benzene rings is 1. The fraction of sp³-hybridized carbons (Fsp3) is 0.462. The Balaban J connectivity index is 2.17. The molecule has 0 aliphatic carbocycles. The summed E-state index contributed by atoms with van der Waals surface area (Å²) in [5.41, 5.74) is 6.69. The van der Waals surface area contributed by atoms with Crippen LogP contribution in [0.5, 0.6) is 0 Å². The van der Waals surface area contributed by atoms with E-state index in [2.05, 4.69) is 0 Å². The summed E-state index contributed by atoms with van der Waals surface area (Å²) in [5, 5.41) is 0.465. The van der Waals surface area contributed by atoms with E-state index in [1.54, 1.807) is 30.1 Å². The van der Waals surface area contributed by atoms with E-state index in [9.17, 15) is 4.79 Å². The van der Waals surface area contributed by atoms with Crippen LogP contribution in [0.3, 0.4) is 0 Å². The number of likely N-dealkylation sites (N-methyl/N-ethyl adjacent to an activating group) is 1. The highest BCUT2D eigenvalue weighted by Gasteiger charge is 2.31. The quantitative estimate of drug-likeness (QED) is 0.837. The van der Waals surface area contributed by atoms with Crippen LogP contribution in [0.4, 0.5) is 5.69 Å². The molecule has 5 heteroatoms. The van der Waals surface area contributed by atoms with Gasteiger partial charge >= 0.3 is 0 Å². The van der Waals surface area contributed by atoms with E-state index in [1.807, 2.05) is 6.92 Å². The van der Waals surface area contributed by atoms with Gasteiger partial charge in [0.25, 0.3) is 5.91 Å². The average molecular weight is 269 g/mol. The molecule has 4 nitrogen and oxygen atoms in total. The number of nitrogens with two attached hydrogens (primary N) is 1. The SMILES string of the molecule is CC1OCCC1N(C)C(=O)c1ccc(Cl)c(N)c1. The van der Waals surface area contributed by atoms with Crippen molar-refractivity contribution in [2.75, 3.05) is 19.4 Å². The highest BCUT2D eigenvalue weighted by Crippen LogP contribution is 2.23. The second kappa shape index (κ2) is 5.16. The first-order valence-electron chi connectivity index (χ1n) is 5.94. The highest BCUT2D eigenvalue weighted by molar-refractivity contribution is 6.33. The van der Waals surface area contributed by atoms with Crippen molar-refractivity contribution < 1.29 is 9.53 Å². The van der Waals surface area contributed by atoms with E-state index in [0.717, 1.165) is 6.42 Å². The maximum absolute atomic E-state index is 12.3. The first-order valence-corrected chi connectivity index (χ1v) is 6.32. The minimum Gasteiger partial charge on any atom is -0.398 e. The second-order valence-electron chi connectivity index (χ2n) is 4.58. The van der Waals surface area contributed by atoms with Crippen LogP contribution in [0.2, 0.25) is 5.02 Å². The lowest BCUT2D eigenvalue weighted by Crippen LogP contribution is -2.41. The normalized spacial score (nSPS) is 23.1. The van der Waals surface area contributed by atoms with Gasteiger partial charge in [-0.25, -0.2) is 0 Å². The standard InChI is InChI=1S/C13H17ClN2O2/c1-8-12(5-6-18-8)16(2)13(17)9-3-4-10(14)11(15)7-9/h3-4,7-8,12H,5-6,15H2,1-2H3. The molecule has 0 aromatic heterocycles. The summed E-state index contributed by atoms with van der Waals surface area (Å²) in [7, 11) is 1.79. The van der Waals surface area contributed by atoms with E-state index in [0.29, 0.717) is 22.9 Å². The minimum absolute atomic E-state index is 0.0549. The van der Waals surface area contributed by atoms with Crippen molar-refractivity contribution in [1.29, 1.82) is 0 Å². The van der Waals surface area contributed by atoms with Crippen LogP contribution in [0.15, 0.2) is 18.2 Å². The average Bonchev–Trinajstić information content (AvgIpc) is 2.77. The molecule has 1 amide bonds. The summed E-state index contributed by atoms with van der Waals surface area (Å²) < 4.78 is 5.48. The van der Waals surface area contributed by atoms with E-state index >= 15 is 0 Å². The molecule has 1 aromatic rings. The number of hydrogen-bond acceptors (Lipinski definition) is 3. The van der Waals surface area contributed by atoms with Crippen molar-refractivity contribution >= 4 is 23.2 Å². The summed E-state index contributed by atoms with van der Waals surface area (Å²) in [6, 6.07) is 5.07. The molecular weight excluding hydrogens is 252 g/mol. The summed E-state index contributed by atoms with van der Waals surface area (Å²) >= 11 is 5.85. The van der Waals surface area contributed by atoms with Crippen molar-refractivity contribution in [3.8, 4) is 0 Å². The molecule has 1 saturated heterocycles. The van der Waals surface area contributed by atoms with E-state index < -0.39 is 0 Å². The predicted octanol–water partition coefficient (Wildman–Crippen LogP) is 2.17. The van der Waals surface area contributed by atoms with Crippen LogP contribution in [-0.2, 0) is 4.74 Å². The van der Waals surface area contributed by atoms with Gasteiger partial charge in [0.1, 0.15) is 0 Å². The van der Waals surface area contributed by atoms with Gasteiger partial charge in [0.2, 0.25) is 0 Å². The van der Waals surface area contributed by atoms with Gasteiger partial charge in [0.05, 0.1) is 22.9 Å². The Bertz CT molecular complexity index is 464. The molecule has 1 aliphatic rings. The third kappa shape index (κ3) is 2.44. The molecule has 1 heterocycles. The molecule has 2 N–H and O–H groups in total. The van der Waals surface area contributed by atoms with Gasteiger partial charge in [0, 0.05) is 19.2 Å². The molecule has 98 valence electrons. The number of ether oxygens (including phenoxy) is 1. The van der Waals surface area contributed by atoms with Crippen LogP contribution < -0.4 is 5.73 Å². The Morgan fingerprint density at radius 1 is 1.56 bits per heavy atom. The molecule has 2 atom stereocenters. The van der Waals surface area contributed by atoms with Gasteiger partial charge in [-0.1, -0.05) is 11.6 Å². The molecular formula is C13H17ClN2O2. The highest BCUT2D eigenvalue weighted by atomic mass is 35.5. The zero-order valence-corrected chi connectivity index (χ0v) is 11.3. The molecule has 1 aliphatic heterocycles. The Labute approximate surface area is 112 Å². The zero-order valence-electron chi connectivity index (χ0n) is 10.5. The Morgan fingerprint density at radius 3 is 2.83 bits per heavy atom. The lowest BCUT2D eigenvalue weighted by molar-refractivity contribution is 0.0574. The van der Waals surface area contributed by atoms with Crippen molar-refractivity contribution in [2.24, 2.45) is 0 Å². The fourth-order valence-electron chi connectivity index (χ4n) is 2.26. The number of hydrogen-bond donors (Lipinski definition) is 1. The third-order valence-corrected chi connectivity index (χ3v) is 3.74. The summed E-state index contributed by atoms with van der Waals surface area (Å²) in [4.78, 5) is 14.0. The van der Waals surface area contributed by atoms with Gasteiger partial charge in [-0.05, 0) is 31.5 Å². The minimum atomic E-state index is -0.0549. The number of nitrogen functional groups attached to an aromatic ring is 1. The fourth-order valence-corrected chi connectivity index (χ4v) is 2.38.